The number of benzene rings is 2. The first-order valence-electron chi connectivity index (χ1n) is 9.33. The highest BCUT2D eigenvalue weighted by Crippen LogP contribution is 2.37. The number of aliphatic carboxylic acids is 1. The Hall–Kier alpha value is -2.33. The van der Waals surface area contributed by atoms with E-state index in [-0.39, 0.29) is 12.5 Å². The summed E-state index contributed by atoms with van der Waals surface area (Å²) in [7, 11) is 0. The second-order valence-electron chi connectivity index (χ2n) is 6.59. The molecule has 4 heteroatoms. The maximum atomic E-state index is 11.0. The summed E-state index contributed by atoms with van der Waals surface area (Å²) < 4.78 is 11.8. The van der Waals surface area contributed by atoms with Crippen LogP contribution in [0.3, 0.4) is 0 Å². The topological polar surface area (TPSA) is 55.8 Å². The Labute approximate surface area is 154 Å². The van der Waals surface area contributed by atoms with Gasteiger partial charge in [0, 0.05) is 6.61 Å². The van der Waals surface area contributed by atoms with Crippen molar-refractivity contribution in [2.24, 2.45) is 0 Å². The van der Waals surface area contributed by atoms with Crippen molar-refractivity contribution in [1.29, 1.82) is 0 Å². The minimum atomic E-state index is -0.863. The lowest BCUT2D eigenvalue weighted by Crippen LogP contribution is -2.10. The van der Waals surface area contributed by atoms with Crippen molar-refractivity contribution < 1.29 is 19.4 Å². The van der Waals surface area contributed by atoms with Crippen LogP contribution in [0.25, 0.3) is 0 Å². The molecule has 0 saturated carbocycles. The molecule has 0 aromatic heterocycles. The summed E-state index contributed by atoms with van der Waals surface area (Å²) in [6.45, 7) is 4.54. The van der Waals surface area contributed by atoms with Gasteiger partial charge in [-0.05, 0) is 60.6 Å². The van der Waals surface area contributed by atoms with E-state index in [1.807, 2.05) is 31.2 Å². The van der Waals surface area contributed by atoms with Gasteiger partial charge in [0.2, 0.25) is 0 Å². The first-order chi connectivity index (χ1) is 12.6. The number of hydrogen-bond donors (Lipinski definition) is 1. The van der Waals surface area contributed by atoms with E-state index in [1.165, 1.54) is 16.7 Å². The van der Waals surface area contributed by atoms with Crippen LogP contribution in [0.1, 0.15) is 61.2 Å². The van der Waals surface area contributed by atoms with Crippen molar-refractivity contribution in [2.45, 2.75) is 51.7 Å². The Bertz CT molecular complexity index is 751. The molecule has 3 rings (SSSR count). The Kier molecular flexibility index (Phi) is 5.94. The molecule has 1 N–H and O–H groups in total. The van der Waals surface area contributed by atoms with Crippen molar-refractivity contribution >= 4 is 5.97 Å². The van der Waals surface area contributed by atoms with E-state index in [2.05, 4.69) is 25.1 Å². The lowest BCUT2D eigenvalue weighted by Gasteiger charge is -2.18. The highest BCUT2D eigenvalue weighted by atomic mass is 16.5. The van der Waals surface area contributed by atoms with Gasteiger partial charge in [-0.15, -0.1) is 0 Å². The quantitative estimate of drug-likeness (QED) is 0.735. The first-order valence-corrected chi connectivity index (χ1v) is 9.33. The lowest BCUT2D eigenvalue weighted by molar-refractivity contribution is -0.140. The molecule has 0 saturated heterocycles. The van der Waals surface area contributed by atoms with E-state index in [1.54, 1.807) is 0 Å². The summed E-state index contributed by atoms with van der Waals surface area (Å²) in [5.74, 6) is -0.0582. The summed E-state index contributed by atoms with van der Waals surface area (Å²) in [6.07, 6.45) is 2.73. The molecule has 2 atom stereocenters. The van der Waals surface area contributed by atoms with Gasteiger partial charge in [-0.25, -0.2) is 0 Å². The average Bonchev–Trinajstić information content (AvgIpc) is 3.05. The van der Waals surface area contributed by atoms with Crippen LogP contribution in [0.5, 0.6) is 5.75 Å². The van der Waals surface area contributed by atoms with Gasteiger partial charge in [0.25, 0.3) is 0 Å². The predicted molar refractivity (Wildman–Crippen MR) is 101 cm³/mol. The molecule has 2 aromatic rings. The van der Waals surface area contributed by atoms with Crippen molar-refractivity contribution in [2.75, 3.05) is 6.61 Å². The third-order valence-electron chi connectivity index (χ3n) is 4.95. The van der Waals surface area contributed by atoms with E-state index in [0.717, 1.165) is 30.6 Å². The van der Waals surface area contributed by atoms with Crippen LogP contribution in [0.2, 0.25) is 0 Å². The molecule has 4 nitrogen and oxygen atoms in total. The molecule has 0 fully saturated rings. The summed E-state index contributed by atoms with van der Waals surface area (Å²) in [5, 5.41) is 9.05. The van der Waals surface area contributed by atoms with Crippen LogP contribution in [0.15, 0.2) is 42.5 Å². The maximum Gasteiger partial charge on any atom is 0.306 e. The molecule has 2 aromatic carbocycles. The molecular formula is C22H26O4. The van der Waals surface area contributed by atoms with Gasteiger partial charge in [-0.1, -0.05) is 37.3 Å². The monoisotopic (exact) mass is 354 g/mol. The number of rotatable bonds is 8. The van der Waals surface area contributed by atoms with Crippen molar-refractivity contribution in [3.63, 3.8) is 0 Å². The van der Waals surface area contributed by atoms with Gasteiger partial charge in [0.1, 0.15) is 11.9 Å². The predicted octanol–water partition coefficient (Wildman–Crippen LogP) is 4.87. The summed E-state index contributed by atoms with van der Waals surface area (Å²) in [6, 6.07) is 14.1. The number of carboxylic acids is 1. The minimum Gasteiger partial charge on any atom is -0.486 e. The second-order valence-corrected chi connectivity index (χ2v) is 6.59. The van der Waals surface area contributed by atoms with Crippen LogP contribution in [-0.4, -0.2) is 17.7 Å². The Morgan fingerprint density at radius 3 is 2.62 bits per heavy atom. The minimum absolute atomic E-state index is 0.0379. The molecule has 0 bridgehead atoms. The Balaban J connectivity index is 1.72. The van der Waals surface area contributed by atoms with Crippen LogP contribution < -0.4 is 4.74 Å². The molecule has 0 amide bonds. The smallest absolute Gasteiger partial charge is 0.306 e. The van der Waals surface area contributed by atoms with Crippen molar-refractivity contribution in [3.05, 3.63) is 64.7 Å². The molecule has 138 valence electrons. The number of ether oxygens (including phenoxy) is 2. The summed E-state index contributed by atoms with van der Waals surface area (Å²) in [5.41, 5.74) is 5.01. The van der Waals surface area contributed by atoms with Crippen molar-refractivity contribution in [1.82, 2.24) is 0 Å². The molecule has 26 heavy (non-hydrogen) atoms. The van der Waals surface area contributed by atoms with E-state index in [9.17, 15) is 4.79 Å². The highest BCUT2D eigenvalue weighted by molar-refractivity contribution is 5.67. The average molecular weight is 354 g/mol. The molecule has 1 aliphatic rings. The third kappa shape index (κ3) is 4.07. The zero-order valence-corrected chi connectivity index (χ0v) is 15.4. The van der Waals surface area contributed by atoms with E-state index in [0.29, 0.717) is 6.61 Å². The number of aryl methyl sites for hydroxylation is 1. The number of fused-ring (bicyclic) bond motifs is 1. The molecule has 0 aliphatic heterocycles. The Morgan fingerprint density at radius 2 is 1.96 bits per heavy atom. The molecule has 1 aliphatic carbocycles. The fraction of sp³-hybridized carbons (Fsp3) is 0.409. The van der Waals surface area contributed by atoms with Gasteiger partial charge >= 0.3 is 5.97 Å². The van der Waals surface area contributed by atoms with E-state index >= 15 is 0 Å². The van der Waals surface area contributed by atoms with Gasteiger partial charge < -0.3 is 14.6 Å². The molecule has 1 unspecified atom stereocenters. The third-order valence-corrected chi connectivity index (χ3v) is 4.95. The highest BCUT2D eigenvalue weighted by Gasteiger charge is 2.25. The molecule has 0 spiro atoms. The fourth-order valence-corrected chi connectivity index (χ4v) is 3.70. The van der Waals surface area contributed by atoms with Gasteiger partial charge in [0.15, 0.2) is 0 Å². The van der Waals surface area contributed by atoms with Crippen LogP contribution in [-0.2, 0) is 22.4 Å². The zero-order valence-electron chi connectivity index (χ0n) is 15.4. The van der Waals surface area contributed by atoms with Crippen LogP contribution >= 0.6 is 0 Å². The lowest BCUT2D eigenvalue weighted by atomic mass is 10.0. The SMILES string of the molecule is CCO[C@@H](CC(=O)O)c1ccc(OC2CCc3c(CC)cccc32)cc1. The number of hydrogen-bond acceptors (Lipinski definition) is 3. The van der Waals surface area contributed by atoms with Crippen LogP contribution in [0, 0.1) is 0 Å². The van der Waals surface area contributed by atoms with Crippen LogP contribution in [0.4, 0.5) is 0 Å². The maximum absolute atomic E-state index is 11.0. The second kappa shape index (κ2) is 8.37. The normalized spacial score (nSPS) is 16.9. The van der Waals surface area contributed by atoms with Gasteiger partial charge in [0.05, 0.1) is 12.5 Å². The Morgan fingerprint density at radius 1 is 1.19 bits per heavy atom. The van der Waals surface area contributed by atoms with Crippen molar-refractivity contribution in [3.8, 4) is 5.75 Å². The molecule has 0 radical (unpaired) electrons. The summed E-state index contributed by atoms with van der Waals surface area (Å²) >= 11 is 0. The largest absolute Gasteiger partial charge is 0.486 e. The number of carbonyl (C=O) groups is 1. The van der Waals surface area contributed by atoms with E-state index in [4.69, 9.17) is 14.6 Å². The fourth-order valence-electron chi connectivity index (χ4n) is 3.70. The molecule has 0 heterocycles. The zero-order chi connectivity index (χ0) is 18.5. The first kappa shape index (κ1) is 18.5. The van der Waals surface area contributed by atoms with Gasteiger partial charge in [-0.3, -0.25) is 4.79 Å². The standard InChI is InChI=1S/C22H26O4/c1-3-15-6-5-7-19-18(15)12-13-20(19)26-17-10-8-16(9-11-17)21(25-4-2)14-22(23)24/h5-11,20-21H,3-4,12-14H2,1-2H3,(H,23,24)/t20?,21-/m0/s1. The number of carboxylic acid groups (broad SMARTS) is 1. The van der Waals surface area contributed by atoms with Gasteiger partial charge in [-0.2, -0.15) is 0 Å². The molecular weight excluding hydrogens is 328 g/mol. The summed E-state index contributed by atoms with van der Waals surface area (Å²) in [4.78, 5) is 11.0. The van der Waals surface area contributed by atoms with E-state index < -0.39 is 12.1 Å².